The summed E-state index contributed by atoms with van der Waals surface area (Å²) in [6, 6.07) is 32.3. The van der Waals surface area contributed by atoms with Crippen molar-refractivity contribution in [1.29, 1.82) is 0 Å². The molecule has 196 valence electrons. The number of hydrogen-bond acceptors (Lipinski definition) is 4. The van der Waals surface area contributed by atoms with Gasteiger partial charge in [-0.25, -0.2) is 0 Å². The van der Waals surface area contributed by atoms with Crippen LogP contribution < -0.4 is 21.3 Å². The van der Waals surface area contributed by atoms with Crippen molar-refractivity contribution in [3.05, 3.63) is 125 Å². The summed E-state index contributed by atoms with van der Waals surface area (Å²) in [5, 5.41) is 6.91. The minimum absolute atomic E-state index is 0.183. The number of likely N-dealkylation sites (N-methyl/N-ethyl adjacent to an activating group) is 1. The second kappa shape index (κ2) is 10.8. The number of carbonyl (C=O) groups is 2. The van der Waals surface area contributed by atoms with Gasteiger partial charge in [0, 0.05) is 29.0 Å². The van der Waals surface area contributed by atoms with Crippen LogP contribution in [0.15, 0.2) is 103 Å². The molecule has 7 heteroatoms. The molecule has 0 radical (unpaired) electrons. The van der Waals surface area contributed by atoms with Crippen molar-refractivity contribution in [2.45, 2.75) is 18.9 Å². The lowest BCUT2D eigenvalue weighted by Gasteiger charge is -2.29. The van der Waals surface area contributed by atoms with Crippen molar-refractivity contribution in [3.8, 4) is 0 Å². The number of hydrogen-bond donors (Lipinski definition) is 3. The molecule has 4 aromatic rings. The van der Waals surface area contributed by atoms with E-state index in [9.17, 15) is 9.59 Å². The van der Waals surface area contributed by atoms with Crippen LogP contribution in [-0.2, 0) is 16.0 Å². The number of nitrogens with two attached hydrogens (primary N) is 1. The lowest BCUT2D eigenvalue weighted by molar-refractivity contribution is -0.122. The van der Waals surface area contributed by atoms with Gasteiger partial charge in [-0.3, -0.25) is 9.59 Å². The zero-order valence-corrected chi connectivity index (χ0v) is 22.5. The van der Waals surface area contributed by atoms with Gasteiger partial charge in [-0.1, -0.05) is 78.3 Å². The molecular weight excluding hydrogens is 508 g/mol. The largest absolute Gasteiger partial charge is 0.354 e. The molecule has 0 saturated carbocycles. The normalized spacial score (nSPS) is 15.1. The number of nitrogens with zero attached hydrogens (tertiary/aromatic N) is 1. The summed E-state index contributed by atoms with van der Waals surface area (Å²) in [5.74, 6) is -0.390. The fourth-order valence-electron chi connectivity index (χ4n) is 4.79. The number of halogens is 1. The quantitative estimate of drug-likeness (QED) is 0.246. The molecule has 2 amide bonds. The van der Waals surface area contributed by atoms with E-state index >= 15 is 0 Å². The van der Waals surface area contributed by atoms with Gasteiger partial charge in [-0.15, -0.1) is 0 Å². The number of benzene rings is 4. The first-order chi connectivity index (χ1) is 18.7. The average molecular weight is 537 g/mol. The van der Waals surface area contributed by atoms with Crippen LogP contribution in [0.25, 0.3) is 11.3 Å². The maximum Gasteiger partial charge on any atom is 0.258 e. The molecule has 1 unspecified atom stereocenters. The third kappa shape index (κ3) is 5.58. The summed E-state index contributed by atoms with van der Waals surface area (Å²) in [5.41, 5.74) is 11.4. The molecule has 4 aromatic carbocycles. The Labute approximate surface area is 233 Å². The highest BCUT2D eigenvalue weighted by atomic mass is 35.5. The molecule has 1 aliphatic heterocycles. The van der Waals surface area contributed by atoms with Crippen molar-refractivity contribution in [3.63, 3.8) is 0 Å². The summed E-state index contributed by atoms with van der Waals surface area (Å²) in [7, 11) is 1.73. The molecule has 1 heterocycles. The van der Waals surface area contributed by atoms with E-state index in [0.29, 0.717) is 34.1 Å². The minimum Gasteiger partial charge on any atom is -0.354 e. The Hall–Kier alpha value is -4.39. The van der Waals surface area contributed by atoms with Gasteiger partial charge in [0.1, 0.15) is 0 Å². The zero-order valence-electron chi connectivity index (χ0n) is 21.7. The van der Waals surface area contributed by atoms with E-state index in [1.54, 1.807) is 31.0 Å². The van der Waals surface area contributed by atoms with Crippen LogP contribution in [0.5, 0.6) is 0 Å². The molecule has 1 atom stereocenters. The molecular formula is C32H29ClN4O2. The van der Waals surface area contributed by atoms with Gasteiger partial charge in [0.2, 0.25) is 5.91 Å². The molecule has 0 aromatic heterocycles. The van der Waals surface area contributed by atoms with Crippen LogP contribution in [0.4, 0.5) is 17.1 Å². The van der Waals surface area contributed by atoms with Crippen molar-refractivity contribution in [2.24, 2.45) is 5.73 Å². The Morgan fingerprint density at radius 1 is 0.949 bits per heavy atom. The van der Waals surface area contributed by atoms with Gasteiger partial charge in [0.05, 0.1) is 22.5 Å². The standard InChI is InChI=1S/C32H29ClN4O2/c1-32(34,20-21-9-5-3-6-10-21)31(39)37(2)25-16-14-24(15-17-25)35-29(22-11-7-4-8-12-22)28-26-18-13-23(33)19-27(26)36-30(28)38/h3-19,35H,20,34H2,1-2H3,(H,36,38)/b29-28-. The van der Waals surface area contributed by atoms with Crippen LogP contribution in [-0.4, -0.2) is 24.4 Å². The highest BCUT2D eigenvalue weighted by Gasteiger charge is 2.32. The summed E-state index contributed by atoms with van der Waals surface area (Å²) < 4.78 is 0. The van der Waals surface area contributed by atoms with Gasteiger partial charge < -0.3 is 21.3 Å². The van der Waals surface area contributed by atoms with Gasteiger partial charge in [-0.05, 0) is 60.9 Å². The topological polar surface area (TPSA) is 87.5 Å². The summed E-state index contributed by atoms with van der Waals surface area (Å²) in [6.07, 6.45) is 0.430. The SMILES string of the molecule is CN(C(=O)C(C)(N)Cc1ccccc1)c1ccc(N/C(=C2\C(=O)Nc3cc(Cl)ccc32)c2ccccc2)cc1. The van der Waals surface area contributed by atoms with Crippen molar-refractivity contribution >= 4 is 51.7 Å². The maximum atomic E-state index is 13.3. The van der Waals surface area contributed by atoms with E-state index in [4.69, 9.17) is 17.3 Å². The van der Waals surface area contributed by atoms with E-state index in [2.05, 4.69) is 10.6 Å². The maximum absolute atomic E-state index is 13.3. The number of anilines is 3. The number of nitrogens with one attached hydrogen (secondary N) is 2. The first-order valence-electron chi connectivity index (χ1n) is 12.6. The third-order valence-corrected chi connectivity index (χ3v) is 7.01. The highest BCUT2D eigenvalue weighted by Crippen LogP contribution is 2.39. The molecule has 39 heavy (non-hydrogen) atoms. The fourth-order valence-corrected chi connectivity index (χ4v) is 4.96. The third-order valence-electron chi connectivity index (χ3n) is 6.77. The van der Waals surface area contributed by atoms with Gasteiger partial charge >= 0.3 is 0 Å². The molecule has 0 spiro atoms. The molecule has 0 aliphatic carbocycles. The minimum atomic E-state index is -1.07. The van der Waals surface area contributed by atoms with Crippen LogP contribution in [0.1, 0.15) is 23.6 Å². The van der Waals surface area contributed by atoms with E-state index in [1.807, 2.05) is 91.0 Å². The van der Waals surface area contributed by atoms with Gasteiger partial charge in [0.25, 0.3) is 5.91 Å². The smallest absolute Gasteiger partial charge is 0.258 e. The second-order valence-electron chi connectivity index (χ2n) is 9.88. The number of fused-ring (bicyclic) bond motifs is 1. The first kappa shape index (κ1) is 26.2. The van der Waals surface area contributed by atoms with Crippen LogP contribution >= 0.6 is 11.6 Å². The molecule has 0 saturated heterocycles. The average Bonchev–Trinajstić information content (AvgIpc) is 3.26. The number of carbonyl (C=O) groups excluding carboxylic acids is 2. The number of rotatable bonds is 7. The van der Waals surface area contributed by atoms with E-state index in [-0.39, 0.29) is 11.8 Å². The fraction of sp³-hybridized carbons (Fsp3) is 0.125. The summed E-state index contributed by atoms with van der Waals surface area (Å²) in [4.78, 5) is 28.0. The molecule has 0 fully saturated rings. The lowest BCUT2D eigenvalue weighted by atomic mass is 9.92. The Bertz CT molecular complexity index is 1550. The van der Waals surface area contributed by atoms with Crippen LogP contribution in [0.3, 0.4) is 0 Å². The highest BCUT2D eigenvalue weighted by molar-refractivity contribution is 6.38. The summed E-state index contributed by atoms with van der Waals surface area (Å²) in [6.45, 7) is 1.75. The lowest BCUT2D eigenvalue weighted by Crippen LogP contribution is -2.53. The van der Waals surface area contributed by atoms with E-state index in [0.717, 1.165) is 22.4 Å². The molecule has 5 rings (SSSR count). The first-order valence-corrected chi connectivity index (χ1v) is 13.0. The molecule has 6 nitrogen and oxygen atoms in total. The Morgan fingerprint density at radius 2 is 1.59 bits per heavy atom. The monoisotopic (exact) mass is 536 g/mol. The van der Waals surface area contributed by atoms with Crippen molar-refractivity contribution < 1.29 is 9.59 Å². The van der Waals surface area contributed by atoms with Gasteiger partial charge in [0.15, 0.2) is 0 Å². The number of amides is 2. The summed E-state index contributed by atoms with van der Waals surface area (Å²) >= 11 is 6.16. The van der Waals surface area contributed by atoms with E-state index in [1.165, 1.54) is 0 Å². The van der Waals surface area contributed by atoms with Crippen LogP contribution in [0, 0.1) is 0 Å². The van der Waals surface area contributed by atoms with Crippen molar-refractivity contribution in [2.75, 3.05) is 22.6 Å². The zero-order chi connectivity index (χ0) is 27.6. The van der Waals surface area contributed by atoms with E-state index < -0.39 is 5.54 Å². The Balaban J connectivity index is 1.42. The predicted octanol–water partition coefficient (Wildman–Crippen LogP) is 6.20. The Kier molecular flexibility index (Phi) is 7.24. The molecule has 1 aliphatic rings. The van der Waals surface area contributed by atoms with Gasteiger partial charge in [-0.2, -0.15) is 0 Å². The predicted molar refractivity (Wildman–Crippen MR) is 160 cm³/mol. The molecule has 0 bridgehead atoms. The Morgan fingerprint density at radius 3 is 2.26 bits per heavy atom. The second-order valence-corrected chi connectivity index (χ2v) is 10.3. The molecule has 4 N–H and O–H groups in total. The van der Waals surface area contributed by atoms with Crippen LogP contribution in [0.2, 0.25) is 5.02 Å². The van der Waals surface area contributed by atoms with Crippen molar-refractivity contribution in [1.82, 2.24) is 0 Å².